The minimum absolute atomic E-state index is 0.0251. The summed E-state index contributed by atoms with van der Waals surface area (Å²) in [6.07, 6.45) is 0.294. The Bertz CT molecular complexity index is 528. The molecule has 1 aliphatic rings. The molecule has 0 spiro atoms. The maximum Gasteiger partial charge on any atom is 0.227 e. The second-order valence-corrected chi connectivity index (χ2v) is 5.79. The number of likely N-dealkylation sites (N-methyl/N-ethyl adjacent to an activating group) is 1. The normalized spacial score (nSPS) is 18.4. The van der Waals surface area contributed by atoms with E-state index >= 15 is 0 Å². The van der Waals surface area contributed by atoms with Crippen LogP contribution in [0.15, 0.2) is 24.3 Å². The minimum atomic E-state index is -0.251. The van der Waals surface area contributed by atoms with Crippen molar-refractivity contribution in [1.29, 1.82) is 0 Å². The highest BCUT2D eigenvalue weighted by atomic mass is 16.2. The number of amides is 2. The van der Waals surface area contributed by atoms with E-state index in [-0.39, 0.29) is 17.7 Å². The third kappa shape index (κ3) is 3.82. The lowest BCUT2D eigenvalue weighted by molar-refractivity contribution is -0.126. The molecule has 1 N–H and O–H groups in total. The van der Waals surface area contributed by atoms with E-state index < -0.39 is 0 Å². The molecule has 2 rings (SSSR count). The summed E-state index contributed by atoms with van der Waals surface area (Å²) in [6.45, 7) is 3.86. The molecule has 0 aromatic heterocycles. The molecule has 1 aromatic rings. The van der Waals surface area contributed by atoms with Crippen LogP contribution in [0.25, 0.3) is 0 Å². The fraction of sp³-hybridized carbons (Fsp3) is 0.500. The van der Waals surface area contributed by atoms with E-state index in [1.54, 1.807) is 4.90 Å². The second-order valence-electron chi connectivity index (χ2n) is 5.79. The van der Waals surface area contributed by atoms with Crippen LogP contribution in [0.3, 0.4) is 0 Å². The van der Waals surface area contributed by atoms with Gasteiger partial charge in [0, 0.05) is 31.7 Å². The molecule has 5 heteroatoms. The first-order valence-electron chi connectivity index (χ1n) is 7.27. The number of carbonyl (C=O) groups is 2. The molecule has 1 heterocycles. The summed E-state index contributed by atoms with van der Waals surface area (Å²) in [5, 5.41) is 2.90. The van der Waals surface area contributed by atoms with Crippen molar-refractivity contribution in [3.63, 3.8) is 0 Å². The standard InChI is InChI=1S/C16H23N3O2/c1-12-6-4-5-7-14(12)19-11-13(10-15(19)20)16(21)17-8-9-18(2)3/h4-7,13H,8-11H2,1-3H3,(H,17,21). The van der Waals surface area contributed by atoms with Gasteiger partial charge in [0.05, 0.1) is 5.92 Å². The summed E-state index contributed by atoms with van der Waals surface area (Å²) in [5.74, 6) is -0.252. The summed E-state index contributed by atoms with van der Waals surface area (Å²) in [4.78, 5) is 28.0. The number of rotatable bonds is 5. The van der Waals surface area contributed by atoms with Gasteiger partial charge in [0.15, 0.2) is 0 Å². The fourth-order valence-corrected chi connectivity index (χ4v) is 2.53. The molecule has 0 aliphatic carbocycles. The van der Waals surface area contributed by atoms with Crippen LogP contribution in [-0.2, 0) is 9.59 Å². The van der Waals surface area contributed by atoms with Crippen LogP contribution in [0.1, 0.15) is 12.0 Å². The van der Waals surface area contributed by atoms with Crippen molar-refractivity contribution in [3.05, 3.63) is 29.8 Å². The Balaban J connectivity index is 1.96. The van der Waals surface area contributed by atoms with Gasteiger partial charge in [0.1, 0.15) is 0 Å². The Morgan fingerprint density at radius 3 is 2.76 bits per heavy atom. The molecule has 114 valence electrons. The lowest BCUT2D eigenvalue weighted by Gasteiger charge is -2.19. The minimum Gasteiger partial charge on any atom is -0.355 e. The van der Waals surface area contributed by atoms with Gasteiger partial charge in [-0.15, -0.1) is 0 Å². The molecule has 0 radical (unpaired) electrons. The predicted octanol–water partition coefficient (Wildman–Crippen LogP) is 1.03. The number of anilines is 1. The Morgan fingerprint density at radius 1 is 1.38 bits per heavy atom. The Labute approximate surface area is 125 Å². The van der Waals surface area contributed by atoms with Gasteiger partial charge in [0.2, 0.25) is 11.8 Å². The van der Waals surface area contributed by atoms with Crippen LogP contribution >= 0.6 is 0 Å². The van der Waals surface area contributed by atoms with E-state index in [4.69, 9.17) is 0 Å². The summed E-state index contributed by atoms with van der Waals surface area (Å²) < 4.78 is 0. The SMILES string of the molecule is Cc1ccccc1N1CC(C(=O)NCCN(C)C)CC1=O. The third-order valence-corrected chi connectivity index (χ3v) is 3.76. The monoisotopic (exact) mass is 289 g/mol. The largest absolute Gasteiger partial charge is 0.355 e. The number of para-hydroxylation sites is 1. The van der Waals surface area contributed by atoms with Gasteiger partial charge in [-0.3, -0.25) is 9.59 Å². The van der Waals surface area contributed by atoms with E-state index in [1.807, 2.05) is 50.2 Å². The van der Waals surface area contributed by atoms with Crippen molar-refractivity contribution in [2.24, 2.45) is 5.92 Å². The quantitative estimate of drug-likeness (QED) is 0.881. The Morgan fingerprint density at radius 2 is 2.10 bits per heavy atom. The molecule has 1 saturated heterocycles. The van der Waals surface area contributed by atoms with Crippen LogP contribution < -0.4 is 10.2 Å². The number of aryl methyl sites for hydroxylation is 1. The average molecular weight is 289 g/mol. The third-order valence-electron chi connectivity index (χ3n) is 3.76. The number of hydrogen-bond donors (Lipinski definition) is 1. The van der Waals surface area contributed by atoms with Crippen molar-refractivity contribution in [2.45, 2.75) is 13.3 Å². The van der Waals surface area contributed by atoms with E-state index in [9.17, 15) is 9.59 Å². The van der Waals surface area contributed by atoms with Crippen LogP contribution in [0, 0.1) is 12.8 Å². The highest BCUT2D eigenvalue weighted by Crippen LogP contribution is 2.27. The highest BCUT2D eigenvalue weighted by Gasteiger charge is 2.35. The van der Waals surface area contributed by atoms with Crippen molar-refractivity contribution in [3.8, 4) is 0 Å². The average Bonchev–Trinajstić information content (AvgIpc) is 2.81. The predicted molar refractivity (Wildman–Crippen MR) is 83.2 cm³/mol. The molecule has 1 atom stereocenters. The molecule has 5 nitrogen and oxygen atoms in total. The van der Waals surface area contributed by atoms with Crippen molar-refractivity contribution >= 4 is 17.5 Å². The number of carbonyl (C=O) groups excluding carboxylic acids is 2. The summed E-state index contributed by atoms with van der Waals surface area (Å²) in [5.41, 5.74) is 1.96. The molecule has 1 unspecified atom stereocenters. The number of nitrogens with one attached hydrogen (secondary N) is 1. The molecular formula is C16H23N3O2. The molecule has 2 amide bonds. The molecule has 1 fully saturated rings. The van der Waals surface area contributed by atoms with Gasteiger partial charge in [-0.1, -0.05) is 18.2 Å². The Hall–Kier alpha value is -1.88. The van der Waals surface area contributed by atoms with Crippen LogP contribution in [0.2, 0.25) is 0 Å². The highest BCUT2D eigenvalue weighted by molar-refractivity contribution is 6.00. The smallest absolute Gasteiger partial charge is 0.227 e. The fourth-order valence-electron chi connectivity index (χ4n) is 2.53. The van der Waals surface area contributed by atoms with E-state index in [0.717, 1.165) is 17.8 Å². The number of benzene rings is 1. The first kappa shape index (κ1) is 15.5. The van der Waals surface area contributed by atoms with Gasteiger partial charge in [-0.25, -0.2) is 0 Å². The van der Waals surface area contributed by atoms with E-state index in [2.05, 4.69) is 5.32 Å². The van der Waals surface area contributed by atoms with Crippen molar-refractivity contribution < 1.29 is 9.59 Å². The summed E-state index contributed by atoms with van der Waals surface area (Å²) in [6, 6.07) is 7.78. The van der Waals surface area contributed by atoms with Crippen LogP contribution in [0.4, 0.5) is 5.69 Å². The van der Waals surface area contributed by atoms with Crippen LogP contribution in [0.5, 0.6) is 0 Å². The van der Waals surface area contributed by atoms with Gasteiger partial charge in [-0.2, -0.15) is 0 Å². The maximum absolute atomic E-state index is 12.2. The van der Waals surface area contributed by atoms with E-state index in [1.165, 1.54) is 0 Å². The van der Waals surface area contributed by atoms with Crippen molar-refractivity contribution in [2.75, 3.05) is 38.6 Å². The summed E-state index contributed by atoms with van der Waals surface area (Å²) in [7, 11) is 3.93. The maximum atomic E-state index is 12.2. The lowest BCUT2D eigenvalue weighted by Crippen LogP contribution is -2.36. The molecule has 0 saturated carbocycles. The molecular weight excluding hydrogens is 266 g/mol. The molecule has 1 aromatic carbocycles. The first-order valence-corrected chi connectivity index (χ1v) is 7.27. The summed E-state index contributed by atoms with van der Waals surface area (Å²) >= 11 is 0. The van der Waals surface area contributed by atoms with Gasteiger partial charge in [0.25, 0.3) is 0 Å². The van der Waals surface area contributed by atoms with Crippen LogP contribution in [-0.4, -0.2) is 50.4 Å². The second kappa shape index (κ2) is 6.72. The molecule has 1 aliphatic heterocycles. The first-order chi connectivity index (χ1) is 9.99. The zero-order valence-electron chi connectivity index (χ0n) is 12.9. The van der Waals surface area contributed by atoms with Gasteiger partial charge < -0.3 is 15.1 Å². The zero-order valence-corrected chi connectivity index (χ0v) is 12.9. The number of nitrogens with zero attached hydrogens (tertiary/aromatic N) is 2. The topological polar surface area (TPSA) is 52.7 Å². The lowest BCUT2D eigenvalue weighted by atomic mass is 10.1. The molecule has 0 bridgehead atoms. The van der Waals surface area contributed by atoms with E-state index in [0.29, 0.717) is 19.5 Å². The molecule has 21 heavy (non-hydrogen) atoms. The number of hydrogen-bond acceptors (Lipinski definition) is 3. The van der Waals surface area contributed by atoms with Gasteiger partial charge in [-0.05, 0) is 32.6 Å². The van der Waals surface area contributed by atoms with Crippen molar-refractivity contribution in [1.82, 2.24) is 10.2 Å². The van der Waals surface area contributed by atoms with Gasteiger partial charge >= 0.3 is 0 Å². The zero-order chi connectivity index (χ0) is 15.4. The Kier molecular flexibility index (Phi) is 4.96.